The summed E-state index contributed by atoms with van der Waals surface area (Å²) >= 11 is 0. The van der Waals surface area contributed by atoms with Crippen molar-refractivity contribution in [3.8, 4) is 5.75 Å². The molecule has 0 unspecified atom stereocenters. The number of rotatable bonds is 3. The van der Waals surface area contributed by atoms with Crippen molar-refractivity contribution in [2.75, 3.05) is 13.7 Å². The van der Waals surface area contributed by atoms with Gasteiger partial charge in [0, 0.05) is 6.54 Å². The van der Waals surface area contributed by atoms with E-state index in [9.17, 15) is 13.2 Å². The van der Waals surface area contributed by atoms with Crippen LogP contribution in [-0.2, 0) is 6.18 Å². The summed E-state index contributed by atoms with van der Waals surface area (Å²) in [6.45, 7) is 0.276. The van der Waals surface area contributed by atoms with Crippen molar-refractivity contribution in [3.63, 3.8) is 0 Å². The van der Waals surface area contributed by atoms with E-state index < -0.39 is 11.7 Å². The molecule has 0 amide bonds. The Morgan fingerprint density at radius 2 is 2.00 bits per heavy atom. The van der Waals surface area contributed by atoms with E-state index >= 15 is 0 Å². The molecule has 0 heterocycles. The van der Waals surface area contributed by atoms with Crippen LogP contribution in [0.5, 0.6) is 5.75 Å². The minimum absolute atomic E-state index is 0.173. The van der Waals surface area contributed by atoms with Crippen LogP contribution >= 0.6 is 0 Å². The van der Waals surface area contributed by atoms with E-state index in [1.807, 2.05) is 0 Å². The molecule has 1 aromatic carbocycles. The number of benzene rings is 1. The molecule has 0 aliphatic rings. The van der Waals surface area contributed by atoms with E-state index in [0.717, 1.165) is 12.1 Å². The van der Waals surface area contributed by atoms with Gasteiger partial charge in [-0.3, -0.25) is 0 Å². The SMILES string of the molecule is COc1cc(C=CCN)cc(C(F)(F)F)c1. The summed E-state index contributed by atoms with van der Waals surface area (Å²) in [4.78, 5) is 0. The van der Waals surface area contributed by atoms with Crippen LogP contribution in [0.25, 0.3) is 6.08 Å². The first-order chi connectivity index (χ1) is 7.47. The van der Waals surface area contributed by atoms with Crippen molar-refractivity contribution in [2.24, 2.45) is 5.73 Å². The highest BCUT2D eigenvalue weighted by Gasteiger charge is 2.31. The van der Waals surface area contributed by atoms with Gasteiger partial charge in [0.15, 0.2) is 0 Å². The van der Waals surface area contributed by atoms with Crippen LogP contribution < -0.4 is 10.5 Å². The number of nitrogens with two attached hydrogens (primary N) is 1. The van der Waals surface area contributed by atoms with Gasteiger partial charge in [0.05, 0.1) is 12.7 Å². The molecule has 0 radical (unpaired) electrons. The molecular formula is C11H12F3NO. The van der Waals surface area contributed by atoms with E-state index in [1.165, 1.54) is 19.3 Å². The van der Waals surface area contributed by atoms with Gasteiger partial charge in [-0.2, -0.15) is 13.2 Å². The Bertz CT molecular complexity index is 385. The molecule has 5 heteroatoms. The molecule has 0 spiro atoms. The van der Waals surface area contributed by atoms with Gasteiger partial charge in [0.1, 0.15) is 5.75 Å². The number of methoxy groups -OCH3 is 1. The van der Waals surface area contributed by atoms with E-state index in [1.54, 1.807) is 6.08 Å². The summed E-state index contributed by atoms with van der Waals surface area (Å²) < 4.78 is 42.3. The fraction of sp³-hybridized carbons (Fsp3) is 0.273. The van der Waals surface area contributed by atoms with E-state index in [4.69, 9.17) is 10.5 Å². The quantitative estimate of drug-likeness (QED) is 0.868. The normalized spacial score (nSPS) is 12.1. The Balaban J connectivity index is 3.16. The van der Waals surface area contributed by atoms with Gasteiger partial charge in [0.2, 0.25) is 0 Å². The minimum atomic E-state index is -4.38. The third kappa shape index (κ3) is 3.27. The second-order valence-corrected chi connectivity index (χ2v) is 3.13. The van der Waals surface area contributed by atoms with Crippen LogP contribution in [0.3, 0.4) is 0 Å². The zero-order chi connectivity index (χ0) is 12.2. The highest BCUT2D eigenvalue weighted by Crippen LogP contribution is 2.32. The van der Waals surface area contributed by atoms with Gasteiger partial charge in [0.25, 0.3) is 0 Å². The Morgan fingerprint density at radius 1 is 1.31 bits per heavy atom. The summed E-state index contributed by atoms with van der Waals surface area (Å²) in [5.41, 5.74) is 4.91. The van der Waals surface area contributed by atoms with E-state index in [2.05, 4.69) is 0 Å². The number of hydrogen-bond acceptors (Lipinski definition) is 2. The molecule has 88 valence electrons. The third-order valence-electron chi connectivity index (χ3n) is 1.94. The maximum absolute atomic E-state index is 12.5. The van der Waals surface area contributed by atoms with E-state index in [-0.39, 0.29) is 12.3 Å². The maximum atomic E-state index is 12.5. The standard InChI is InChI=1S/C11H12F3NO/c1-16-10-6-8(3-2-4-15)5-9(7-10)11(12,13)14/h2-3,5-7H,4,15H2,1H3. The third-order valence-corrected chi connectivity index (χ3v) is 1.94. The van der Waals surface area contributed by atoms with Crippen LogP contribution in [0.1, 0.15) is 11.1 Å². The lowest BCUT2D eigenvalue weighted by Crippen LogP contribution is -2.05. The van der Waals surface area contributed by atoms with E-state index in [0.29, 0.717) is 5.56 Å². The summed E-state index contributed by atoms with van der Waals surface area (Å²) in [5, 5.41) is 0. The largest absolute Gasteiger partial charge is 0.497 e. The molecule has 1 aromatic rings. The predicted molar refractivity (Wildman–Crippen MR) is 56.1 cm³/mol. The first kappa shape index (κ1) is 12.6. The molecular weight excluding hydrogens is 219 g/mol. The Labute approximate surface area is 91.5 Å². The van der Waals surface area contributed by atoms with Crippen molar-refractivity contribution >= 4 is 6.08 Å². The zero-order valence-electron chi connectivity index (χ0n) is 8.71. The average Bonchev–Trinajstić information content (AvgIpc) is 2.24. The molecule has 16 heavy (non-hydrogen) atoms. The molecule has 0 aromatic heterocycles. The summed E-state index contributed by atoms with van der Waals surface area (Å²) in [5.74, 6) is 0.173. The van der Waals surface area contributed by atoms with Crippen LogP contribution in [0.15, 0.2) is 24.3 Å². The van der Waals surface area contributed by atoms with Gasteiger partial charge >= 0.3 is 6.18 Å². The van der Waals surface area contributed by atoms with Gasteiger partial charge in [-0.1, -0.05) is 12.2 Å². The van der Waals surface area contributed by atoms with Crippen molar-refractivity contribution in [1.82, 2.24) is 0 Å². The first-order valence-electron chi connectivity index (χ1n) is 4.60. The maximum Gasteiger partial charge on any atom is 0.416 e. The highest BCUT2D eigenvalue weighted by molar-refractivity contribution is 5.54. The van der Waals surface area contributed by atoms with Gasteiger partial charge in [-0.05, 0) is 23.8 Å². The smallest absolute Gasteiger partial charge is 0.416 e. The number of ether oxygens (including phenoxy) is 1. The van der Waals surface area contributed by atoms with Crippen LogP contribution in [0.4, 0.5) is 13.2 Å². The van der Waals surface area contributed by atoms with Gasteiger partial charge < -0.3 is 10.5 Å². The molecule has 0 saturated carbocycles. The number of halogens is 3. The van der Waals surface area contributed by atoms with Crippen LogP contribution in [0.2, 0.25) is 0 Å². The molecule has 0 atom stereocenters. The molecule has 1 rings (SSSR count). The topological polar surface area (TPSA) is 35.2 Å². The van der Waals surface area contributed by atoms with Crippen molar-refractivity contribution in [1.29, 1.82) is 0 Å². The number of alkyl halides is 3. The lowest BCUT2D eigenvalue weighted by atomic mass is 10.1. The fourth-order valence-corrected chi connectivity index (χ4v) is 1.20. The zero-order valence-corrected chi connectivity index (χ0v) is 8.71. The predicted octanol–water partition coefficient (Wildman–Crippen LogP) is 2.69. The minimum Gasteiger partial charge on any atom is -0.497 e. The van der Waals surface area contributed by atoms with Crippen molar-refractivity contribution < 1.29 is 17.9 Å². The first-order valence-corrected chi connectivity index (χ1v) is 4.60. The summed E-state index contributed by atoms with van der Waals surface area (Å²) in [6.07, 6.45) is -1.27. The van der Waals surface area contributed by atoms with Crippen molar-refractivity contribution in [2.45, 2.75) is 6.18 Å². The second-order valence-electron chi connectivity index (χ2n) is 3.13. The fourth-order valence-electron chi connectivity index (χ4n) is 1.20. The monoisotopic (exact) mass is 231 g/mol. The Hall–Kier alpha value is -1.49. The molecule has 0 aliphatic carbocycles. The highest BCUT2D eigenvalue weighted by atomic mass is 19.4. The molecule has 0 saturated heterocycles. The average molecular weight is 231 g/mol. The van der Waals surface area contributed by atoms with Crippen LogP contribution in [-0.4, -0.2) is 13.7 Å². The van der Waals surface area contributed by atoms with Crippen LogP contribution in [0, 0.1) is 0 Å². The molecule has 0 aliphatic heterocycles. The molecule has 2 N–H and O–H groups in total. The lowest BCUT2D eigenvalue weighted by molar-refractivity contribution is -0.137. The van der Waals surface area contributed by atoms with Crippen molar-refractivity contribution in [3.05, 3.63) is 35.4 Å². The summed E-state index contributed by atoms with van der Waals surface area (Å²) in [7, 11) is 1.33. The number of hydrogen-bond donors (Lipinski definition) is 1. The Kier molecular flexibility index (Phi) is 3.95. The molecule has 2 nitrogen and oxygen atoms in total. The molecule has 0 bridgehead atoms. The summed E-state index contributed by atoms with van der Waals surface area (Å²) in [6, 6.07) is 3.52. The van der Waals surface area contributed by atoms with Gasteiger partial charge in [-0.15, -0.1) is 0 Å². The molecule has 0 fully saturated rings. The second kappa shape index (κ2) is 5.03. The van der Waals surface area contributed by atoms with Gasteiger partial charge in [-0.25, -0.2) is 0 Å². The Morgan fingerprint density at radius 3 is 2.50 bits per heavy atom. The lowest BCUT2D eigenvalue weighted by Gasteiger charge is -2.09.